The highest BCUT2D eigenvalue weighted by molar-refractivity contribution is 5.81. The fourth-order valence-corrected chi connectivity index (χ4v) is 3.10. The van der Waals surface area contributed by atoms with Gasteiger partial charge >= 0.3 is 5.97 Å². The van der Waals surface area contributed by atoms with Crippen LogP contribution >= 0.6 is 0 Å². The van der Waals surface area contributed by atoms with E-state index >= 15 is 0 Å². The third-order valence-electron chi connectivity index (χ3n) is 4.28. The summed E-state index contributed by atoms with van der Waals surface area (Å²) in [6.07, 6.45) is 2.37. The summed E-state index contributed by atoms with van der Waals surface area (Å²) in [5.41, 5.74) is 2.56. The first kappa shape index (κ1) is 15.6. The molecule has 1 aliphatic heterocycles. The fraction of sp³-hybridized carbons (Fsp3) is 0.625. The molecule has 0 N–H and O–H groups in total. The van der Waals surface area contributed by atoms with Crippen molar-refractivity contribution in [3.05, 3.63) is 23.5 Å². The molecule has 21 heavy (non-hydrogen) atoms. The third kappa shape index (κ3) is 3.65. The zero-order valence-corrected chi connectivity index (χ0v) is 13.1. The number of carbonyl (C=O) groups is 2. The molecule has 0 bridgehead atoms. The molecule has 2 heterocycles. The minimum absolute atomic E-state index is 0.0554. The Balaban J connectivity index is 1.86. The van der Waals surface area contributed by atoms with Gasteiger partial charge in [0.2, 0.25) is 5.91 Å². The van der Waals surface area contributed by atoms with Gasteiger partial charge in [-0.1, -0.05) is 0 Å². The van der Waals surface area contributed by atoms with Crippen molar-refractivity contribution in [3.8, 4) is 0 Å². The van der Waals surface area contributed by atoms with Crippen molar-refractivity contribution in [2.24, 2.45) is 0 Å². The van der Waals surface area contributed by atoms with Crippen molar-refractivity contribution in [3.63, 3.8) is 0 Å². The number of methoxy groups -OCH3 is 1. The molecule has 0 aliphatic carbocycles. The minimum Gasteiger partial charge on any atom is -0.469 e. The summed E-state index contributed by atoms with van der Waals surface area (Å²) < 4.78 is 6.94. The van der Waals surface area contributed by atoms with Crippen LogP contribution in [-0.4, -0.2) is 41.5 Å². The number of rotatable bonds is 4. The molecular weight excluding hydrogens is 268 g/mol. The molecule has 0 atom stereocenters. The molecule has 5 nitrogen and oxygen atoms in total. The Morgan fingerprint density at radius 2 is 1.71 bits per heavy atom. The van der Waals surface area contributed by atoms with Crippen LogP contribution in [0.2, 0.25) is 0 Å². The Bertz CT molecular complexity index is 494. The van der Waals surface area contributed by atoms with Crippen molar-refractivity contribution in [1.82, 2.24) is 9.47 Å². The maximum absolute atomic E-state index is 12.1. The topological polar surface area (TPSA) is 51.5 Å². The number of hydrogen-bond donors (Lipinski definition) is 0. The first-order valence-corrected chi connectivity index (χ1v) is 7.52. The average molecular weight is 292 g/mol. The van der Waals surface area contributed by atoms with Gasteiger partial charge in [0.1, 0.15) is 0 Å². The summed E-state index contributed by atoms with van der Waals surface area (Å²) in [7, 11) is 1.35. The molecule has 0 saturated carbocycles. The van der Waals surface area contributed by atoms with Crippen molar-refractivity contribution in [2.75, 3.05) is 20.2 Å². The molecule has 1 saturated heterocycles. The smallest absolute Gasteiger partial charge is 0.306 e. The predicted octanol–water partition coefficient (Wildman–Crippen LogP) is 2.22. The zero-order chi connectivity index (χ0) is 15.4. The molecule has 2 rings (SSSR count). The number of esters is 1. The molecule has 1 aromatic heterocycles. The lowest BCUT2D eigenvalue weighted by atomic mass is 10.0. The zero-order valence-electron chi connectivity index (χ0n) is 13.1. The van der Waals surface area contributed by atoms with E-state index in [1.165, 1.54) is 18.5 Å². The lowest BCUT2D eigenvalue weighted by Gasteiger charge is -2.34. The molecule has 1 aliphatic rings. The number of likely N-dealkylation sites (tertiary alicyclic amines) is 1. The monoisotopic (exact) mass is 292 g/mol. The largest absolute Gasteiger partial charge is 0.469 e. The molecular formula is C16H24N2O3. The van der Waals surface area contributed by atoms with E-state index in [1.54, 1.807) is 0 Å². The predicted molar refractivity (Wildman–Crippen MR) is 80.0 cm³/mol. The van der Waals surface area contributed by atoms with Gasteiger partial charge in [-0.15, -0.1) is 0 Å². The summed E-state index contributed by atoms with van der Waals surface area (Å²) in [5, 5.41) is 0. The Kier molecular flexibility index (Phi) is 5.04. The van der Waals surface area contributed by atoms with E-state index in [-0.39, 0.29) is 24.7 Å². The molecule has 0 unspecified atom stereocenters. The van der Waals surface area contributed by atoms with E-state index in [0.717, 1.165) is 25.9 Å². The van der Waals surface area contributed by atoms with Gasteiger partial charge in [-0.25, -0.2) is 0 Å². The van der Waals surface area contributed by atoms with Crippen LogP contribution in [0.25, 0.3) is 0 Å². The lowest BCUT2D eigenvalue weighted by molar-refractivity contribution is -0.143. The molecule has 1 amide bonds. The van der Waals surface area contributed by atoms with Gasteiger partial charge < -0.3 is 14.2 Å². The fourth-order valence-electron chi connectivity index (χ4n) is 3.10. The summed E-state index contributed by atoms with van der Waals surface area (Å²) in [6, 6.07) is 4.76. The van der Waals surface area contributed by atoms with Crippen LogP contribution in [0.15, 0.2) is 12.1 Å². The maximum atomic E-state index is 12.1. The van der Waals surface area contributed by atoms with E-state index in [1.807, 2.05) is 4.90 Å². The Labute approximate surface area is 125 Å². The highest BCUT2D eigenvalue weighted by Gasteiger charge is 2.25. The quantitative estimate of drug-likeness (QED) is 0.800. The van der Waals surface area contributed by atoms with Crippen LogP contribution in [0.4, 0.5) is 0 Å². The second kappa shape index (κ2) is 6.78. The van der Waals surface area contributed by atoms with Gasteiger partial charge in [-0.3, -0.25) is 9.59 Å². The molecule has 5 heteroatoms. The highest BCUT2D eigenvalue weighted by atomic mass is 16.5. The van der Waals surface area contributed by atoms with Crippen LogP contribution < -0.4 is 0 Å². The number of aryl methyl sites for hydroxylation is 2. The second-order valence-electron chi connectivity index (χ2n) is 5.67. The molecule has 0 aromatic carbocycles. The van der Waals surface area contributed by atoms with Crippen LogP contribution in [0.1, 0.15) is 43.1 Å². The van der Waals surface area contributed by atoms with Crippen molar-refractivity contribution in [2.45, 2.75) is 45.6 Å². The van der Waals surface area contributed by atoms with Crippen molar-refractivity contribution in [1.29, 1.82) is 0 Å². The average Bonchev–Trinajstić information content (AvgIpc) is 2.83. The second-order valence-corrected chi connectivity index (χ2v) is 5.67. The van der Waals surface area contributed by atoms with Gasteiger partial charge in [-0.2, -0.15) is 0 Å². The summed E-state index contributed by atoms with van der Waals surface area (Å²) in [4.78, 5) is 25.0. The van der Waals surface area contributed by atoms with Gasteiger partial charge in [0, 0.05) is 36.9 Å². The van der Waals surface area contributed by atoms with Gasteiger partial charge in [0.25, 0.3) is 0 Å². The number of ether oxygens (including phenoxy) is 1. The lowest BCUT2D eigenvalue weighted by Crippen LogP contribution is -2.39. The van der Waals surface area contributed by atoms with Gasteiger partial charge in [0.05, 0.1) is 13.5 Å². The highest BCUT2D eigenvalue weighted by Crippen LogP contribution is 2.26. The molecule has 0 spiro atoms. The van der Waals surface area contributed by atoms with E-state index in [4.69, 9.17) is 0 Å². The number of carbonyl (C=O) groups excluding carboxylic acids is 2. The van der Waals surface area contributed by atoms with E-state index in [2.05, 4.69) is 35.3 Å². The normalized spacial score (nSPS) is 16.0. The standard InChI is InChI=1S/C16H24N2O3/c1-12-4-5-13(2)18(12)14-8-10-17(11-9-14)15(19)6-7-16(20)21-3/h4-5,14H,6-11H2,1-3H3. The SMILES string of the molecule is COC(=O)CCC(=O)N1CCC(n2c(C)ccc2C)CC1. The Morgan fingerprint density at radius 1 is 1.14 bits per heavy atom. The van der Waals surface area contributed by atoms with Gasteiger partial charge in [0.15, 0.2) is 0 Å². The summed E-state index contributed by atoms with van der Waals surface area (Å²) in [6.45, 7) is 5.78. The molecule has 0 radical (unpaired) electrons. The molecule has 116 valence electrons. The number of amides is 1. The number of piperidine rings is 1. The van der Waals surface area contributed by atoms with Gasteiger partial charge in [-0.05, 0) is 38.8 Å². The van der Waals surface area contributed by atoms with Crippen molar-refractivity contribution < 1.29 is 14.3 Å². The number of nitrogens with zero attached hydrogens (tertiary/aromatic N) is 2. The third-order valence-corrected chi connectivity index (χ3v) is 4.28. The van der Waals surface area contributed by atoms with E-state index in [9.17, 15) is 9.59 Å². The molecule has 1 aromatic rings. The molecule has 1 fully saturated rings. The first-order valence-electron chi connectivity index (χ1n) is 7.52. The minimum atomic E-state index is -0.322. The first-order chi connectivity index (χ1) is 10.0. The van der Waals surface area contributed by atoms with Crippen LogP contribution in [0.3, 0.4) is 0 Å². The van der Waals surface area contributed by atoms with Crippen molar-refractivity contribution >= 4 is 11.9 Å². The summed E-state index contributed by atoms with van der Waals surface area (Å²) in [5.74, 6) is -0.267. The Morgan fingerprint density at radius 3 is 2.24 bits per heavy atom. The van der Waals surface area contributed by atoms with Crippen LogP contribution in [0, 0.1) is 13.8 Å². The maximum Gasteiger partial charge on any atom is 0.306 e. The van der Waals surface area contributed by atoms with E-state index < -0.39 is 0 Å². The summed E-state index contributed by atoms with van der Waals surface area (Å²) >= 11 is 0. The number of hydrogen-bond acceptors (Lipinski definition) is 3. The van der Waals surface area contributed by atoms with Crippen LogP contribution in [0.5, 0.6) is 0 Å². The van der Waals surface area contributed by atoms with Crippen LogP contribution in [-0.2, 0) is 14.3 Å². The Hall–Kier alpha value is -1.78. The van der Waals surface area contributed by atoms with E-state index in [0.29, 0.717) is 6.04 Å². The number of aromatic nitrogens is 1.